The van der Waals surface area contributed by atoms with E-state index in [0.717, 1.165) is 22.8 Å². The number of fused-ring (bicyclic) bond motifs is 1. The number of hydrogen-bond donors (Lipinski definition) is 1. The van der Waals surface area contributed by atoms with Crippen LogP contribution in [0.15, 0.2) is 42.6 Å². The summed E-state index contributed by atoms with van der Waals surface area (Å²) < 4.78 is 7.58. The Balaban J connectivity index is 1.82. The Morgan fingerprint density at radius 3 is 2.95 bits per heavy atom. The Morgan fingerprint density at radius 1 is 1.21 bits per heavy atom. The van der Waals surface area contributed by atoms with Gasteiger partial charge in [0.1, 0.15) is 12.4 Å². The van der Waals surface area contributed by atoms with E-state index in [0.29, 0.717) is 12.3 Å². The number of anilines is 1. The molecular weight excluding hydrogens is 240 g/mol. The fourth-order valence-corrected chi connectivity index (χ4v) is 1.89. The normalized spacial score (nSPS) is 10.8. The van der Waals surface area contributed by atoms with Crippen LogP contribution < -0.4 is 10.5 Å². The minimum absolute atomic E-state index is 0.355. The SMILES string of the molecule is Cc1ccn2c(COc3cccc(N)c3)nnc2c1. The molecule has 3 rings (SSSR count). The van der Waals surface area contributed by atoms with Crippen LogP contribution in [-0.2, 0) is 6.61 Å². The van der Waals surface area contributed by atoms with Crippen LogP contribution >= 0.6 is 0 Å². The van der Waals surface area contributed by atoms with E-state index >= 15 is 0 Å². The topological polar surface area (TPSA) is 65.4 Å². The molecule has 0 amide bonds. The van der Waals surface area contributed by atoms with E-state index < -0.39 is 0 Å². The van der Waals surface area contributed by atoms with E-state index in [9.17, 15) is 0 Å². The van der Waals surface area contributed by atoms with Crippen molar-refractivity contribution >= 4 is 11.3 Å². The van der Waals surface area contributed by atoms with Gasteiger partial charge in [-0.3, -0.25) is 4.40 Å². The number of aryl methyl sites for hydroxylation is 1. The van der Waals surface area contributed by atoms with Gasteiger partial charge in [0.05, 0.1) is 0 Å². The summed E-state index contributed by atoms with van der Waals surface area (Å²) in [4.78, 5) is 0. The van der Waals surface area contributed by atoms with Gasteiger partial charge in [-0.25, -0.2) is 0 Å². The van der Waals surface area contributed by atoms with Gasteiger partial charge in [-0.05, 0) is 36.8 Å². The molecule has 0 atom stereocenters. The molecule has 0 radical (unpaired) electrons. The number of hydrogen-bond acceptors (Lipinski definition) is 4. The standard InChI is InChI=1S/C14H14N4O/c1-10-5-6-18-13(7-10)16-17-14(18)9-19-12-4-2-3-11(15)8-12/h2-8H,9,15H2,1H3. The van der Waals surface area contributed by atoms with Gasteiger partial charge >= 0.3 is 0 Å². The second-order valence-electron chi connectivity index (χ2n) is 4.41. The maximum absolute atomic E-state index is 5.70. The Bertz CT molecular complexity index is 720. The van der Waals surface area contributed by atoms with Crippen molar-refractivity contribution in [2.75, 3.05) is 5.73 Å². The molecular formula is C14H14N4O. The first-order chi connectivity index (χ1) is 9.22. The number of pyridine rings is 1. The molecule has 0 bridgehead atoms. The Kier molecular flexibility index (Phi) is 2.79. The highest BCUT2D eigenvalue weighted by molar-refractivity contribution is 5.44. The van der Waals surface area contributed by atoms with Crippen molar-refractivity contribution in [1.29, 1.82) is 0 Å². The Morgan fingerprint density at radius 2 is 2.11 bits per heavy atom. The van der Waals surface area contributed by atoms with E-state index in [1.54, 1.807) is 6.07 Å². The lowest BCUT2D eigenvalue weighted by atomic mass is 10.3. The van der Waals surface area contributed by atoms with Crippen LogP contribution in [-0.4, -0.2) is 14.6 Å². The number of nitrogens with zero attached hydrogens (tertiary/aromatic N) is 3. The molecule has 0 fully saturated rings. The quantitative estimate of drug-likeness (QED) is 0.728. The number of nitrogens with two attached hydrogens (primary N) is 1. The van der Waals surface area contributed by atoms with E-state index in [1.165, 1.54) is 0 Å². The summed E-state index contributed by atoms with van der Waals surface area (Å²) in [5.74, 6) is 1.49. The third-order valence-electron chi connectivity index (χ3n) is 2.86. The van der Waals surface area contributed by atoms with Gasteiger partial charge in [0.15, 0.2) is 11.5 Å². The van der Waals surface area contributed by atoms with Gasteiger partial charge in [-0.2, -0.15) is 0 Å². The van der Waals surface area contributed by atoms with Crippen molar-refractivity contribution in [3.05, 3.63) is 54.0 Å². The number of nitrogen functional groups attached to an aromatic ring is 1. The highest BCUT2D eigenvalue weighted by Crippen LogP contribution is 2.16. The smallest absolute Gasteiger partial charge is 0.175 e. The van der Waals surface area contributed by atoms with Crippen LogP contribution in [0.5, 0.6) is 5.75 Å². The van der Waals surface area contributed by atoms with Crippen LogP contribution in [0.2, 0.25) is 0 Å². The maximum Gasteiger partial charge on any atom is 0.175 e. The molecule has 5 nitrogen and oxygen atoms in total. The number of aromatic nitrogens is 3. The molecule has 2 N–H and O–H groups in total. The van der Waals surface area contributed by atoms with E-state index in [-0.39, 0.29) is 0 Å². The fraction of sp³-hybridized carbons (Fsp3) is 0.143. The molecule has 0 saturated heterocycles. The van der Waals surface area contributed by atoms with Gasteiger partial charge in [-0.1, -0.05) is 6.07 Å². The summed E-state index contributed by atoms with van der Waals surface area (Å²) in [7, 11) is 0. The zero-order valence-electron chi connectivity index (χ0n) is 10.6. The van der Waals surface area contributed by atoms with Crippen LogP contribution in [0.3, 0.4) is 0 Å². The molecule has 0 spiro atoms. The second-order valence-corrected chi connectivity index (χ2v) is 4.41. The first-order valence-electron chi connectivity index (χ1n) is 6.01. The van der Waals surface area contributed by atoms with E-state index in [1.807, 2.05) is 47.9 Å². The summed E-state index contributed by atoms with van der Waals surface area (Å²) in [6.07, 6.45) is 1.95. The van der Waals surface area contributed by atoms with Gasteiger partial charge in [0, 0.05) is 18.0 Å². The molecule has 0 saturated carbocycles. The average molecular weight is 254 g/mol. The molecule has 5 heteroatoms. The molecule has 19 heavy (non-hydrogen) atoms. The van der Waals surface area contributed by atoms with Crippen LogP contribution in [0.4, 0.5) is 5.69 Å². The average Bonchev–Trinajstić information content (AvgIpc) is 2.78. The largest absolute Gasteiger partial charge is 0.486 e. The second kappa shape index (κ2) is 4.61. The van der Waals surface area contributed by atoms with Crippen molar-refractivity contribution in [2.45, 2.75) is 13.5 Å². The first-order valence-corrected chi connectivity index (χ1v) is 6.01. The van der Waals surface area contributed by atoms with Crippen LogP contribution in [0.1, 0.15) is 11.4 Å². The molecule has 1 aromatic carbocycles. The van der Waals surface area contributed by atoms with Crippen molar-refractivity contribution < 1.29 is 4.74 Å². The van der Waals surface area contributed by atoms with E-state index in [2.05, 4.69) is 10.2 Å². The van der Waals surface area contributed by atoms with Crippen molar-refractivity contribution in [2.24, 2.45) is 0 Å². The zero-order valence-corrected chi connectivity index (χ0v) is 10.6. The summed E-state index contributed by atoms with van der Waals surface area (Å²) >= 11 is 0. The summed E-state index contributed by atoms with van der Waals surface area (Å²) in [5.41, 5.74) is 8.36. The third-order valence-corrected chi connectivity index (χ3v) is 2.86. The number of ether oxygens (including phenoxy) is 1. The highest BCUT2D eigenvalue weighted by Gasteiger charge is 2.06. The third kappa shape index (κ3) is 2.35. The molecule has 3 aromatic rings. The molecule has 0 aliphatic heterocycles. The maximum atomic E-state index is 5.70. The summed E-state index contributed by atoms with van der Waals surface area (Å²) in [5, 5.41) is 8.25. The lowest BCUT2D eigenvalue weighted by Crippen LogP contribution is -2.01. The lowest BCUT2D eigenvalue weighted by molar-refractivity contribution is 0.294. The van der Waals surface area contributed by atoms with Gasteiger partial charge in [0.25, 0.3) is 0 Å². The predicted octanol–water partition coefficient (Wildman–Crippen LogP) is 2.20. The number of benzene rings is 1. The van der Waals surface area contributed by atoms with Crippen molar-refractivity contribution in [3.63, 3.8) is 0 Å². The zero-order chi connectivity index (χ0) is 13.2. The molecule has 2 aromatic heterocycles. The Hall–Kier alpha value is -2.56. The van der Waals surface area contributed by atoms with E-state index in [4.69, 9.17) is 10.5 Å². The first kappa shape index (κ1) is 11.5. The van der Waals surface area contributed by atoms with Gasteiger partial charge in [0.2, 0.25) is 0 Å². The van der Waals surface area contributed by atoms with Crippen molar-refractivity contribution in [3.8, 4) is 5.75 Å². The minimum Gasteiger partial charge on any atom is -0.486 e. The summed E-state index contributed by atoms with van der Waals surface area (Å²) in [6.45, 7) is 2.38. The minimum atomic E-state index is 0.355. The summed E-state index contributed by atoms with van der Waals surface area (Å²) in [6, 6.07) is 11.3. The van der Waals surface area contributed by atoms with Gasteiger partial charge in [-0.15, -0.1) is 10.2 Å². The number of rotatable bonds is 3. The molecule has 0 unspecified atom stereocenters. The monoisotopic (exact) mass is 254 g/mol. The molecule has 0 aliphatic carbocycles. The molecule has 0 aliphatic rings. The van der Waals surface area contributed by atoms with Crippen LogP contribution in [0, 0.1) is 6.92 Å². The molecule has 2 heterocycles. The predicted molar refractivity (Wildman–Crippen MR) is 72.9 cm³/mol. The lowest BCUT2D eigenvalue weighted by Gasteiger charge is -2.05. The van der Waals surface area contributed by atoms with Gasteiger partial charge < -0.3 is 10.5 Å². The van der Waals surface area contributed by atoms with Crippen molar-refractivity contribution in [1.82, 2.24) is 14.6 Å². The highest BCUT2D eigenvalue weighted by atomic mass is 16.5. The van der Waals surface area contributed by atoms with Crippen LogP contribution in [0.25, 0.3) is 5.65 Å². The Labute approximate surface area is 110 Å². The molecule has 96 valence electrons. The fourth-order valence-electron chi connectivity index (χ4n) is 1.89.